The number of piperidine rings is 1. The van der Waals surface area contributed by atoms with Crippen LogP contribution in [0.5, 0.6) is 0 Å². The van der Waals surface area contributed by atoms with Gasteiger partial charge in [0.25, 0.3) is 0 Å². The van der Waals surface area contributed by atoms with E-state index in [4.69, 9.17) is 0 Å². The maximum absolute atomic E-state index is 11.2. The molecule has 0 aromatic heterocycles. The van der Waals surface area contributed by atoms with E-state index in [9.17, 15) is 4.79 Å². The first kappa shape index (κ1) is 12.3. The molecule has 1 saturated heterocycles. The summed E-state index contributed by atoms with van der Waals surface area (Å²) in [5.74, 6) is 0.961. The van der Waals surface area contributed by atoms with Crippen molar-refractivity contribution in [1.82, 2.24) is 4.90 Å². The Hall–Kier alpha value is -1.15. The van der Waals surface area contributed by atoms with E-state index >= 15 is 0 Å². The highest BCUT2D eigenvalue weighted by Crippen LogP contribution is 2.18. The summed E-state index contributed by atoms with van der Waals surface area (Å²) in [4.78, 5) is 13.7. The Morgan fingerprint density at radius 3 is 2.65 bits per heavy atom. The summed E-state index contributed by atoms with van der Waals surface area (Å²) < 4.78 is 0. The first-order valence-corrected chi connectivity index (χ1v) is 6.47. The molecule has 0 N–H and O–H groups in total. The molecule has 1 aromatic rings. The van der Waals surface area contributed by atoms with E-state index in [-0.39, 0.29) is 5.78 Å². The van der Waals surface area contributed by atoms with Crippen molar-refractivity contribution in [2.75, 3.05) is 13.1 Å². The Labute approximate surface area is 104 Å². The monoisotopic (exact) mass is 231 g/mol. The van der Waals surface area contributed by atoms with Crippen LogP contribution < -0.4 is 0 Å². The highest BCUT2D eigenvalue weighted by atomic mass is 16.1. The molecule has 1 heterocycles. The number of nitrogens with zero attached hydrogens (tertiary/aromatic N) is 1. The maximum Gasteiger partial charge on any atom is 0.159 e. The van der Waals surface area contributed by atoms with Gasteiger partial charge < -0.3 is 0 Å². The van der Waals surface area contributed by atoms with E-state index in [2.05, 4.69) is 24.0 Å². The van der Waals surface area contributed by atoms with E-state index in [1.807, 2.05) is 12.1 Å². The second kappa shape index (κ2) is 5.46. The number of carbonyl (C=O) groups is 1. The molecule has 0 bridgehead atoms. The van der Waals surface area contributed by atoms with Crippen molar-refractivity contribution >= 4 is 5.78 Å². The third-order valence-corrected chi connectivity index (χ3v) is 3.51. The number of rotatable bonds is 3. The lowest BCUT2D eigenvalue weighted by atomic mass is 9.99. The van der Waals surface area contributed by atoms with Crippen molar-refractivity contribution in [1.29, 1.82) is 0 Å². The second-order valence-corrected chi connectivity index (χ2v) is 5.24. The van der Waals surface area contributed by atoms with Crippen LogP contribution in [0.4, 0.5) is 0 Å². The van der Waals surface area contributed by atoms with Gasteiger partial charge in [0.05, 0.1) is 0 Å². The molecule has 0 amide bonds. The highest BCUT2D eigenvalue weighted by molar-refractivity contribution is 5.93. The molecule has 0 spiro atoms. The summed E-state index contributed by atoms with van der Waals surface area (Å²) in [6.07, 6.45) is 2.67. The van der Waals surface area contributed by atoms with E-state index in [0.29, 0.717) is 0 Å². The van der Waals surface area contributed by atoms with Crippen LogP contribution in [0, 0.1) is 5.92 Å². The molecule has 2 rings (SSSR count). The molecule has 2 nitrogen and oxygen atoms in total. The molecule has 1 fully saturated rings. The van der Waals surface area contributed by atoms with E-state index < -0.39 is 0 Å². The topological polar surface area (TPSA) is 20.3 Å². The average Bonchev–Trinajstić information content (AvgIpc) is 2.29. The number of hydrogen-bond acceptors (Lipinski definition) is 2. The van der Waals surface area contributed by atoms with E-state index in [1.165, 1.54) is 31.5 Å². The van der Waals surface area contributed by atoms with Gasteiger partial charge in [-0.3, -0.25) is 9.69 Å². The minimum absolute atomic E-state index is 0.142. The average molecular weight is 231 g/mol. The van der Waals surface area contributed by atoms with Crippen LogP contribution in [0.2, 0.25) is 0 Å². The van der Waals surface area contributed by atoms with Crippen LogP contribution >= 0.6 is 0 Å². The molecule has 1 aliphatic heterocycles. The van der Waals surface area contributed by atoms with Crippen LogP contribution in [-0.2, 0) is 6.54 Å². The quantitative estimate of drug-likeness (QED) is 0.745. The van der Waals surface area contributed by atoms with Crippen molar-refractivity contribution < 1.29 is 4.79 Å². The zero-order valence-electron chi connectivity index (χ0n) is 10.8. The molecule has 1 aromatic carbocycles. The third-order valence-electron chi connectivity index (χ3n) is 3.51. The number of ketones is 1. The molecular formula is C15H21NO. The lowest BCUT2D eigenvalue weighted by Gasteiger charge is -2.30. The Kier molecular flexibility index (Phi) is 3.95. The number of benzene rings is 1. The zero-order chi connectivity index (χ0) is 12.3. The van der Waals surface area contributed by atoms with Crippen molar-refractivity contribution in [2.24, 2.45) is 5.92 Å². The standard InChI is InChI=1S/C15H21NO/c1-12-4-3-9-16(10-12)11-14-5-7-15(8-6-14)13(2)17/h5-8,12H,3-4,9-11H2,1-2H3. The molecule has 17 heavy (non-hydrogen) atoms. The van der Waals surface area contributed by atoms with Crippen molar-refractivity contribution in [3.05, 3.63) is 35.4 Å². The first-order chi connectivity index (χ1) is 8.15. The number of Topliss-reactive ketones (excluding diaryl/α,β-unsaturated/α-hetero) is 1. The first-order valence-electron chi connectivity index (χ1n) is 6.47. The van der Waals surface area contributed by atoms with Gasteiger partial charge in [-0.2, -0.15) is 0 Å². The minimum atomic E-state index is 0.142. The fourth-order valence-corrected chi connectivity index (χ4v) is 2.53. The van der Waals surface area contributed by atoms with Crippen molar-refractivity contribution in [3.8, 4) is 0 Å². The molecule has 1 atom stereocenters. The molecule has 1 aliphatic rings. The highest BCUT2D eigenvalue weighted by Gasteiger charge is 2.16. The predicted molar refractivity (Wildman–Crippen MR) is 70.1 cm³/mol. The zero-order valence-corrected chi connectivity index (χ0v) is 10.8. The van der Waals surface area contributed by atoms with Gasteiger partial charge in [-0.05, 0) is 37.8 Å². The van der Waals surface area contributed by atoms with E-state index in [0.717, 1.165) is 18.0 Å². The Morgan fingerprint density at radius 1 is 1.35 bits per heavy atom. The Balaban J connectivity index is 1.96. The van der Waals surface area contributed by atoms with Crippen LogP contribution in [-0.4, -0.2) is 23.8 Å². The van der Waals surface area contributed by atoms with Gasteiger partial charge in [0.15, 0.2) is 5.78 Å². The molecule has 0 aliphatic carbocycles. The fraction of sp³-hybridized carbons (Fsp3) is 0.533. The van der Waals surface area contributed by atoms with Gasteiger partial charge in [0.1, 0.15) is 0 Å². The molecule has 2 heteroatoms. The molecular weight excluding hydrogens is 210 g/mol. The smallest absolute Gasteiger partial charge is 0.159 e. The fourth-order valence-electron chi connectivity index (χ4n) is 2.53. The van der Waals surface area contributed by atoms with Gasteiger partial charge in [-0.1, -0.05) is 31.2 Å². The van der Waals surface area contributed by atoms with Gasteiger partial charge in [0.2, 0.25) is 0 Å². The number of hydrogen-bond donors (Lipinski definition) is 0. The summed E-state index contributed by atoms with van der Waals surface area (Å²) in [5.41, 5.74) is 2.12. The van der Waals surface area contributed by atoms with Gasteiger partial charge in [0, 0.05) is 18.7 Å². The largest absolute Gasteiger partial charge is 0.299 e. The van der Waals surface area contributed by atoms with Gasteiger partial charge >= 0.3 is 0 Å². The summed E-state index contributed by atoms with van der Waals surface area (Å²) in [5, 5.41) is 0. The summed E-state index contributed by atoms with van der Waals surface area (Å²) in [6, 6.07) is 8.03. The van der Waals surface area contributed by atoms with Crippen LogP contribution in [0.3, 0.4) is 0 Å². The molecule has 1 unspecified atom stereocenters. The molecule has 0 radical (unpaired) electrons. The predicted octanol–water partition coefficient (Wildman–Crippen LogP) is 3.12. The number of likely N-dealkylation sites (tertiary alicyclic amines) is 1. The van der Waals surface area contributed by atoms with Crippen molar-refractivity contribution in [3.63, 3.8) is 0 Å². The third kappa shape index (κ3) is 3.40. The normalized spacial score (nSPS) is 21.4. The number of carbonyl (C=O) groups excluding carboxylic acids is 1. The summed E-state index contributed by atoms with van der Waals surface area (Å²) in [6.45, 7) is 7.36. The summed E-state index contributed by atoms with van der Waals surface area (Å²) >= 11 is 0. The lowest BCUT2D eigenvalue weighted by Crippen LogP contribution is -2.33. The molecule has 0 saturated carbocycles. The maximum atomic E-state index is 11.2. The molecule has 92 valence electrons. The van der Waals surface area contributed by atoms with Gasteiger partial charge in [-0.25, -0.2) is 0 Å². The minimum Gasteiger partial charge on any atom is -0.299 e. The lowest BCUT2D eigenvalue weighted by molar-refractivity contribution is 0.101. The van der Waals surface area contributed by atoms with Crippen LogP contribution in [0.25, 0.3) is 0 Å². The second-order valence-electron chi connectivity index (χ2n) is 5.24. The Morgan fingerprint density at radius 2 is 2.06 bits per heavy atom. The SMILES string of the molecule is CC(=O)c1ccc(CN2CCCC(C)C2)cc1. The van der Waals surface area contributed by atoms with Crippen LogP contribution in [0.1, 0.15) is 42.6 Å². The van der Waals surface area contributed by atoms with Crippen LogP contribution in [0.15, 0.2) is 24.3 Å². The summed E-state index contributed by atoms with van der Waals surface area (Å²) in [7, 11) is 0. The van der Waals surface area contributed by atoms with Crippen molar-refractivity contribution in [2.45, 2.75) is 33.2 Å². The van der Waals surface area contributed by atoms with E-state index in [1.54, 1.807) is 6.92 Å². The Bertz CT molecular complexity index is 382. The van der Waals surface area contributed by atoms with Gasteiger partial charge in [-0.15, -0.1) is 0 Å².